The summed E-state index contributed by atoms with van der Waals surface area (Å²) < 4.78 is 0. The van der Waals surface area contributed by atoms with Crippen molar-refractivity contribution in [2.45, 2.75) is 58.2 Å². The molecule has 0 aliphatic carbocycles. The summed E-state index contributed by atoms with van der Waals surface area (Å²) in [5.41, 5.74) is 0. The van der Waals surface area contributed by atoms with Crippen molar-refractivity contribution in [1.29, 1.82) is 0 Å². The number of carboxylic acid groups (broad SMARTS) is 2. The molecule has 14 heteroatoms. The molecule has 186 valence electrons. The van der Waals surface area contributed by atoms with Gasteiger partial charge < -0.3 is 36.8 Å². The molecular weight excluding hydrogens is 442 g/mol. The van der Waals surface area contributed by atoms with Crippen LogP contribution in [0.4, 0.5) is 0 Å². The summed E-state index contributed by atoms with van der Waals surface area (Å²) in [6.45, 7) is 3.74. The van der Waals surface area contributed by atoms with Crippen molar-refractivity contribution in [2.24, 2.45) is 0 Å². The van der Waals surface area contributed by atoms with E-state index in [4.69, 9.17) is 10.2 Å². The molecule has 0 aromatic rings. The molecule has 0 aliphatic rings. The van der Waals surface area contributed by atoms with E-state index in [-0.39, 0.29) is 24.8 Å². The third-order valence-corrected chi connectivity index (χ3v) is 3.99. The van der Waals surface area contributed by atoms with Crippen molar-refractivity contribution in [3.8, 4) is 0 Å². The Hall–Kier alpha value is -3.55. The molecule has 2 unspecified atom stereocenters. The minimum absolute atomic E-state index is 0.174. The highest BCUT2D eigenvalue weighted by molar-refractivity contribution is 5.95. The highest BCUT2D eigenvalue weighted by atomic mass is 16.4. The molecule has 0 saturated carbocycles. The predicted molar refractivity (Wildman–Crippen MR) is 113 cm³/mol. The van der Waals surface area contributed by atoms with Crippen LogP contribution in [-0.4, -0.2) is 89.3 Å². The lowest BCUT2D eigenvalue weighted by Crippen LogP contribution is -2.55. The number of ketones is 1. The number of carbonyl (C=O) groups is 7. The number of amides is 4. The van der Waals surface area contributed by atoms with Gasteiger partial charge in [0, 0.05) is 12.5 Å². The number of hydrogen-bond donors (Lipinski definition) is 7. The van der Waals surface area contributed by atoms with Gasteiger partial charge in [-0.15, -0.1) is 0 Å². The van der Waals surface area contributed by atoms with E-state index < -0.39 is 73.6 Å². The second-order valence-electron chi connectivity index (χ2n) is 7.29. The number of carbonyl (C=O) groups excluding carboxylic acids is 5. The number of rotatable bonds is 16. The van der Waals surface area contributed by atoms with Crippen LogP contribution < -0.4 is 26.6 Å². The summed E-state index contributed by atoms with van der Waals surface area (Å²) >= 11 is 0. The first-order chi connectivity index (χ1) is 15.3. The second kappa shape index (κ2) is 15.3. The third kappa shape index (κ3) is 14.2. The first-order valence-corrected chi connectivity index (χ1v) is 10.2. The fourth-order valence-electron chi connectivity index (χ4n) is 2.38. The average Bonchev–Trinajstić information content (AvgIpc) is 2.72. The molecule has 0 saturated heterocycles. The highest BCUT2D eigenvalue weighted by Crippen LogP contribution is 2.00. The van der Waals surface area contributed by atoms with Gasteiger partial charge >= 0.3 is 11.9 Å². The van der Waals surface area contributed by atoms with Crippen LogP contribution in [0.3, 0.4) is 0 Å². The molecule has 4 amide bonds. The van der Waals surface area contributed by atoms with Gasteiger partial charge in [0.1, 0.15) is 6.04 Å². The molecule has 0 radical (unpaired) electrons. The van der Waals surface area contributed by atoms with Crippen LogP contribution in [0.2, 0.25) is 0 Å². The zero-order valence-electron chi connectivity index (χ0n) is 18.7. The third-order valence-electron chi connectivity index (χ3n) is 3.99. The molecule has 0 fully saturated rings. The molecule has 0 rings (SSSR count). The summed E-state index contributed by atoms with van der Waals surface area (Å²) in [6.07, 6.45) is -1.16. The average molecular weight is 473 g/mol. The van der Waals surface area contributed by atoms with Gasteiger partial charge in [0.25, 0.3) is 0 Å². The normalized spacial score (nSPS) is 12.2. The highest BCUT2D eigenvalue weighted by Gasteiger charge is 2.29. The SMILES string of the molecule is CCC(=O)CNC(=O)CNC(=O)CNC(=O)C(CC(=O)O)NC(=O)C(CC(=O)O)NC(C)C. The van der Waals surface area contributed by atoms with Crippen molar-refractivity contribution in [1.82, 2.24) is 26.6 Å². The first kappa shape index (κ1) is 29.5. The van der Waals surface area contributed by atoms with Gasteiger partial charge in [-0.3, -0.25) is 33.6 Å². The predicted octanol–water partition coefficient (Wildman–Crippen LogP) is -2.89. The Balaban J connectivity index is 4.83. The Labute approximate surface area is 190 Å². The molecule has 0 heterocycles. The number of Topliss-reactive ketones (excluding diaryl/α,β-unsaturated/α-hetero) is 1. The molecule has 0 bridgehead atoms. The summed E-state index contributed by atoms with van der Waals surface area (Å²) in [4.78, 5) is 81.3. The molecule has 33 heavy (non-hydrogen) atoms. The van der Waals surface area contributed by atoms with Gasteiger partial charge in [0.2, 0.25) is 23.6 Å². The van der Waals surface area contributed by atoms with Crippen LogP contribution in [0.15, 0.2) is 0 Å². The molecule has 0 spiro atoms. The number of carboxylic acids is 2. The number of nitrogens with one attached hydrogen (secondary N) is 5. The van der Waals surface area contributed by atoms with E-state index in [1.54, 1.807) is 20.8 Å². The van der Waals surface area contributed by atoms with E-state index in [0.29, 0.717) is 0 Å². The van der Waals surface area contributed by atoms with E-state index in [1.807, 2.05) is 0 Å². The van der Waals surface area contributed by atoms with E-state index in [0.717, 1.165) is 0 Å². The van der Waals surface area contributed by atoms with Crippen LogP contribution in [0.1, 0.15) is 40.0 Å². The maximum absolute atomic E-state index is 12.4. The maximum Gasteiger partial charge on any atom is 0.305 e. The largest absolute Gasteiger partial charge is 0.481 e. The van der Waals surface area contributed by atoms with Crippen molar-refractivity contribution in [2.75, 3.05) is 19.6 Å². The zero-order valence-corrected chi connectivity index (χ0v) is 18.7. The van der Waals surface area contributed by atoms with Crippen LogP contribution in [0.5, 0.6) is 0 Å². The Morgan fingerprint density at radius 2 is 1.18 bits per heavy atom. The van der Waals surface area contributed by atoms with Crippen molar-refractivity contribution < 1.29 is 43.8 Å². The summed E-state index contributed by atoms with van der Waals surface area (Å²) in [5.74, 6) is -6.15. The van der Waals surface area contributed by atoms with Crippen LogP contribution in [0, 0.1) is 0 Å². The summed E-state index contributed by atoms with van der Waals surface area (Å²) in [6, 6.07) is -3.06. The quantitative estimate of drug-likeness (QED) is 0.121. The van der Waals surface area contributed by atoms with Gasteiger partial charge in [0.15, 0.2) is 5.78 Å². The molecular formula is C19H31N5O9. The van der Waals surface area contributed by atoms with Crippen molar-refractivity contribution >= 4 is 41.4 Å². The lowest BCUT2D eigenvalue weighted by molar-refractivity contribution is -0.142. The molecule has 14 nitrogen and oxygen atoms in total. The van der Waals surface area contributed by atoms with Gasteiger partial charge in [-0.1, -0.05) is 20.8 Å². The van der Waals surface area contributed by atoms with E-state index >= 15 is 0 Å². The minimum atomic E-state index is -1.57. The lowest BCUT2D eigenvalue weighted by atomic mass is 10.1. The monoisotopic (exact) mass is 473 g/mol. The maximum atomic E-state index is 12.4. The number of hydrogen-bond acceptors (Lipinski definition) is 8. The Morgan fingerprint density at radius 3 is 1.67 bits per heavy atom. The first-order valence-electron chi connectivity index (χ1n) is 10.2. The zero-order chi connectivity index (χ0) is 25.6. The molecule has 0 aromatic heterocycles. The Bertz CT molecular complexity index is 754. The molecule has 0 aromatic carbocycles. The fraction of sp³-hybridized carbons (Fsp3) is 0.632. The molecule has 0 aliphatic heterocycles. The standard InChI is InChI=1S/C19H31N5O9/c1-4-11(25)7-20-14(26)8-21-15(27)9-22-18(32)12(5-16(28)29)24-19(33)13(6-17(30)31)23-10(2)3/h10,12-13,23H,4-9H2,1-3H3,(H,20,26)(H,21,27)(H,22,32)(H,24,33)(H,28,29)(H,30,31). The minimum Gasteiger partial charge on any atom is -0.481 e. The van der Waals surface area contributed by atoms with Gasteiger partial charge in [-0.2, -0.15) is 0 Å². The van der Waals surface area contributed by atoms with Gasteiger partial charge in [0.05, 0.1) is 38.5 Å². The fourth-order valence-corrected chi connectivity index (χ4v) is 2.38. The van der Waals surface area contributed by atoms with Crippen LogP contribution >= 0.6 is 0 Å². The summed E-state index contributed by atoms with van der Waals surface area (Å²) in [7, 11) is 0. The number of aliphatic carboxylic acids is 2. The van der Waals surface area contributed by atoms with E-state index in [1.165, 1.54) is 0 Å². The van der Waals surface area contributed by atoms with Crippen molar-refractivity contribution in [3.63, 3.8) is 0 Å². The topological polar surface area (TPSA) is 220 Å². The van der Waals surface area contributed by atoms with Gasteiger partial charge in [-0.25, -0.2) is 0 Å². The van der Waals surface area contributed by atoms with Crippen LogP contribution in [0.25, 0.3) is 0 Å². The smallest absolute Gasteiger partial charge is 0.305 e. The van der Waals surface area contributed by atoms with E-state index in [2.05, 4.69) is 26.6 Å². The van der Waals surface area contributed by atoms with Crippen LogP contribution in [-0.2, 0) is 33.6 Å². The Morgan fingerprint density at radius 1 is 0.697 bits per heavy atom. The second-order valence-corrected chi connectivity index (χ2v) is 7.29. The van der Waals surface area contributed by atoms with Crippen molar-refractivity contribution in [3.05, 3.63) is 0 Å². The van der Waals surface area contributed by atoms with E-state index in [9.17, 15) is 33.6 Å². The molecule has 7 N–H and O–H groups in total. The summed E-state index contributed by atoms with van der Waals surface area (Å²) in [5, 5.41) is 29.5. The molecule has 2 atom stereocenters. The van der Waals surface area contributed by atoms with Gasteiger partial charge in [-0.05, 0) is 0 Å². The Kier molecular flexibility index (Phi) is 13.6. The lowest BCUT2D eigenvalue weighted by Gasteiger charge is -2.22.